The average molecular weight is 303 g/mol. The van der Waals surface area contributed by atoms with Gasteiger partial charge in [-0.3, -0.25) is 4.79 Å². The quantitative estimate of drug-likeness (QED) is 0.862. The number of amides is 1. The number of carbonyl (C=O) groups is 1. The van der Waals surface area contributed by atoms with Crippen molar-refractivity contribution in [1.82, 2.24) is 4.90 Å². The molecule has 0 spiro atoms. The van der Waals surface area contributed by atoms with Crippen LogP contribution in [0, 0.1) is 5.92 Å². The van der Waals surface area contributed by atoms with E-state index in [4.69, 9.17) is 9.47 Å². The van der Waals surface area contributed by atoms with Crippen LogP contribution in [0.3, 0.4) is 0 Å². The Hall–Kier alpha value is -1.55. The van der Waals surface area contributed by atoms with Crippen LogP contribution in [0.4, 0.5) is 0 Å². The van der Waals surface area contributed by atoms with Gasteiger partial charge in [0.05, 0.1) is 18.8 Å². The molecular formula is C18H25NO3. The van der Waals surface area contributed by atoms with Crippen molar-refractivity contribution in [1.29, 1.82) is 0 Å². The Balaban J connectivity index is 1.70. The Kier molecular flexibility index (Phi) is 3.89. The van der Waals surface area contributed by atoms with Gasteiger partial charge in [-0.05, 0) is 44.7 Å². The molecule has 2 fully saturated rings. The van der Waals surface area contributed by atoms with Crippen molar-refractivity contribution in [2.75, 3.05) is 20.2 Å². The molecule has 3 atom stereocenters. The number of methoxy groups -OCH3 is 1. The molecule has 1 amide bonds. The van der Waals surface area contributed by atoms with Crippen LogP contribution in [-0.4, -0.2) is 42.7 Å². The van der Waals surface area contributed by atoms with Crippen molar-refractivity contribution in [2.45, 2.75) is 44.8 Å². The van der Waals surface area contributed by atoms with Gasteiger partial charge in [-0.15, -0.1) is 0 Å². The average Bonchev–Trinajstić information content (AvgIpc) is 3.24. The fourth-order valence-electron chi connectivity index (χ4n) is 3.64. The third kappa shape index (κ3) is 2.98. The van der Waals surface area contributed by atoms with E-state index in [2.05, 4.69) is 6.07 Å². The lowest BCUT2D eigenvalue weighted by molar-refractivity contribution is -0.159. The molecule has 0 radical (unpaired) electrons. The summed E-state index contributed by atoms with van der Waals surface area (Å²) in [5, 5.41) is 0. The van der Waals surface area contributed by atoms with Crippen molar-refractivity contribution in [2.24, 2.45) is 5.92 Å². The van der Waals surface area contributed by atoms with Gasteiger partial charge in [0.25, 0.3) is 0 Å². The Bertz CT molecular complexity index is 569. The standard InChI is InChI=1S/C18H25NO3/c1-12-10-19(11-18(2,3)22-12)17(20)15-9-14(15)13-7-5-6-8-16(13)21-4/h5-8,12,14-15H,9-11H2,1-4H3/t12-,14-,15+/m0/s1. The molecule has 1 saturated heterocycles. The number of nitrogens with zero attached hydrogens (tertiary/aromatic N) is 1. The summed E-state index contributed by atoms with van der Waals surface area (Å²) in [4.78, 5) is 14.8. The van der Waals surface area contributed by atoms with E-state index in [9.17, 15) is 4.79 Å². The van der Waals surface area contributed by atoms with Crippen LogP contribution in [0.2, 0.25) is 0 Å². The summed E-state index contributed by atoms with van der Waals surface area (Å²) in [6.45, 7) is 7.50. The van der Waals surface area contributed by atoms with E-state index in [0.29, 0.717) is 19.0 Å². The van der Waals surface area contributed by atoms with Crippen LogP contribution in [0.5, 0.6) is 5.75 Å². The molecule has 0 unspecified atom stereocenters. The van der Waals surface area contributed by atoms with Crippen LogP contribution in [-0.2, 0) is 9.53 Å². The Morgan fingerprint density at radius 2 is 2.09 bits per heavy atom. The lowest BCUT2D eigenvalue weighted by Crippen LogP contribution is -2.54. The summed E-state index contributed by atoms with van der Waals surface area (Å²) >= 11 is 0. The zero-order valence-electron chi connectivity index (χ0n) is 13.8. The first kappa shape index (κ1) is 15.3. The van der Waals surface area contributed by atoms with E-state index < -0.39 is 0 Å². The zero-order chi connectivity index (χ0) is 15.9. The van der Waals surface area contributed by atoms with E-state index >= 15 is 0 Å². The highest BCUT2D eigenvalue weighted by atomic mass is 16.5. The molecule has 1 aromatic rings. The number of para-hydroxylation sites is 1. The second-order valence-corrected chi connectivity index (χ2v) is 7.10. The molecule has 0 aromatic heterocycles. The summed E-state index contributed by atoms with van der Waals surface area (Å²) in [5.74, 6) is 1.54. The van der Waals surface area contributed by atoms with Crippen LogP contribution in [0.1, 0.15) is 38.7 Å². The molecule has 22 heavy (non-hydrogen) atoms. The van der Waals surface area contributed by atoms with Gasteiger partial charge < -0.3 is 14.4 Å². The van der Waals surface area contributed by atoms with E-state index in [-0.39, 0.29) is 23.5 Å². The molecule has 1 aromatic carbocycles. The van der Waals surface area contributed by atoms with Crippen molar-refractivity contribution in [3.05, 3.63) is 29.8 Å². The third-order valence-corrected chi connectivity index (χ3v) is 4.53. The molecule has 120 valence electrons. The third-order valence-electron chi connectivity index (χ3n) is 4.53. The molecule has 1 aliphatic heterocycles. The first-order valence-corrected chi connectivity index (χ1v) is 8.01. The van der Waals surface area contributed by atoms with E-state index in [0.717, 1.165) is 17.7 Å². The molecule has 0 N–H and O–H groups in total. The summed E-state index contributed by atoms with van der Waals surface area (Å²) in [6.07, 6.45) is 1.02. The van der Waals surface area contributed by atoms with Gasteiger partial charge in [-0.1, -0.05) is 18.2 Å². The van der Waals surface area contributed by atoms with Gasteiger partial charge in [0.1, 0.15) is 5.75 Å². The molecule has 1 heterocycles. The van der Waals surface area contributed by atoms with Crippen LogP contribution in [0.25, 0.3) is 0 Å². The molecule has 1 aliphatic carbocycles. The second kappa shape index (κ2) is 5.58. The molecule has 4 heteroatoms. The largest absolute Gasteiger partial charge is 0.496 e. The molecule has 4 nitrogen and oxygen atoms in total. The topological polar surface area (TPSA) is 38.8 Å². The van der Waals surface area contributed by atoms with Crippen LogP contribution in [0.15, 0.2) is 24.3 Å². The lowest BCUT2D eigenvalue weighted by Gasteiger charge is -2.41. The molecule has 0 bridgehead atoms. The van der Waals surface area contributed by atoms with Gasteiger partial charge in [-0.25, -0.2) is 0 Å². The number of hydrogen-bond acceptors (Lipinski definition) is 3. The fourth-order valence-corrected chi connectivity index (χ4v) is 3.64. The van der Waals surface area contributed by atoms with Crippen molar-refractivity contribution < 1.29 is 14.3 Å². The van der Waals surface area contributed by atoms with Gasteiger partial charge in [0, 0.05) is 19.0 Å². The van der Waals surface area contributed by atoms with Gasteiger partial charge in [0.2, 0.25) is 5.91 Å². The highest BCUT2D eigenvalue weighted by molar-refractivity contribution is 5.83. The highest BCUT2D eigenvalue weighted by Crippen LogP contribution is 2.51. The summed E-state index contributed by atoms with van der Waals surface area (Å²) in [6, 6.07) is 8.02. The van der Waals surface area contributed by atoms with Gasteiger partial charge >= 0.3 is 0 Å². The normalized spacial score (nSPS) is 30.0. The van der Waals surface area contributed by atoms with Gasteiger partial charge in [0.15, 0.2) is 0 Å². The van der Waals surface area contributed by atoms with Crippen molar-refractivity contribution in [3.63, 3.8) is 0 Å². The lowest BCUT2D eigenvalue weighted by atomic mass is 10.0. The number of benzene rings is 1. The SMILES string of the molecule is COc1ccccc1[C@@H]1C[C@H]1C(=O)N1C[C@H](C)OC(C)(C)C1. The predicted molar refractivity (Wildman–Crippen MR) is 85.0 cm³/mol. The molecular weight excluding hydrogens is 278 g/mol. The Labute approximate surface area is 132 Å². The number of morpholine rings is 1. The Morgan fingerprint density at radius 3 is 2.77 bits per heavy atom. The van der Waals surface area contributed by atoms with Crippen LogP contribution < -0.4 is 4.74 Å². The smallest absolute Gasteiger partial charge is 0.226 e. The molecule has 1 saturated carbocycles. The van der Waals surface area contributed by atoms with E-state index in [1.165, 1.54) is 0 Å². The van der Waals surface area contributed by atoms with Gasteiger partial charge in [-0.2, -0.15) is 0 Å². The Morgan fingerprint density at radius 1 is 1.36 bits per heavy atom. The maximum absolute atomic E-state index is 12.8. The predicted octanol–water partition coefficient (Wildman–Crippen LogP) is 2.82. The van der Waals surface area contributed by atoms with Crippen LogP contribution >= 0.6 is 0 Å². The minimum atomic E-state index is -0.262. The monoisotopic (exact) mass is 303 g/mol. The van der Waals surface area contributed by atoms with E-state index in [1.807, 2.05) is 43.9 Å². The number of ether oxygens (including phenoxy) is 2. The van der Waals surface area contributed by atoms with Crippen molar-refractivity contribution in [3.8, 4) is 5.75 Å². The number of carbonyl (C=O) groups excluding carboxylic acids is 1. The maximum Gasteiger partial charge on any atom is 0.226 e. The first-order valence-electron chi connectivity index (χ1n) is 8.01. The number of hydrogen-bond donors (Lipinski definition) is 0. The van der Waals surface area contributed by atoms with E-state index in [1.54, 1.807) is 7.11 Å². The molecule has 3 rings (SSSR count). The summed E-state index contributed by atoms with van der Waals surface area (Å²) in [7, 11) is 1.68. The summed E-state index contributed by atoms with van der Waals surface area (Å²) in [5.41, 5.74) is 0.895. The first-order chi connectivity index (χ1) is 10.4. The van der Waals surface area contributed by atoms with Crippen molar-refractivity contribution >= 4 is 5.91 Å². The summed E-state index contributed by atoms with van der Waals surface area (Å²) < 4.78 is 11.3. The maximum atomic E-state index is 12.8. The zero-order valence-corrected chi connectivity index (χ0v) is 13.8. The number of rotatable bonds is 3. The highest BCUT2D eigenvalue weighted by Gasteiger charge is 2.48. The minimum absolute atomic E-state index is 0.0937. The fraction of sp³-hybridized carbons (Fsp3) is 0.611. The molecule has 2 aliphatic rings. The minimum Gasteiger partial charge on any atom is -0.496 e. The second-order valence-electron chi connectivity index (χ2n) is 7.10.